The van der Waals surface area contributed by atoms with E-state index < -0.39 is 0 Å². The van der Waals surface area contributed by atoms with Crippen molar-refractivity contribution in [1.82, 2.24) is 15.1 Å². The summed E-state index contributed by atoms with van der Waals surface area (Å²) in [5.41, 5.74) is 7.49. The fourth-order valence-corrected chi connectivity index (χ4v) is 3.75. The number of imide groups is 1. The fourth-order valence-electron chi connectivity index (χ4n) is 2.29. The Morgan fingerprint density at radius 2 is 1.92 bits per heavy atom. The Labute approximate surface area is 153 Å². The van der Waals surface area contributed by atoms with Crippen LogP contribution in [-0.4, -0.2) is 46.9 Å². The van der Waals surface area contributed by atoms with Crippen LogP contribution in [0.4, 0.5) is 15.6 Å². The largest absolute Gasteiger partial charge is 0.378 e. The Morgan fingerprint density at radius 1 is 1.20 bits per heavy atom. The number of nitrogens with zero attached hydrogens (tertiary/aromatic N) is 4. The summed E-state index contributed by atoms with van der Waals surface area (Å²) in [5, 5.41) is 8.46. The van der Waals surface area contributed by atoms with Gasteiger partial charge in [-0.05, 0) is 35.5 Å². The molecule has 7 nitrogen and oxygen atoms in total. The number of benzene rings is 1. The molecule has 0 bridgehead atoms. The Morgan fingerprint density at radius 3 is 2.52 bits per heavy atom. The van der Waals surface area contributed by atoms with E-state index in [0.29, 0.717) is 21.5 Å². The molecule has 130 valence electrons. The number of thioether (sulfide) groups is 1. The lowest BCUT2D eigenvalue weighted by molar-refractivity contribution is -0.122. The number of carbonyl (C=O) groups excluding carboxylic acids is 2. The van der Waals surface area contributed by atoms with E-state index in [2.05, 4.69) is 10.2 Å². The highest BCUT2D eigenvalue weighted by molar-refractivity contribution is 8.18. The molecule has 2 aromatic rings. The average molecular weight is 375 g/mol. The van der Waals surface area contributed by atoms with Crippen LogP contribution in [0.15, 0.2) is 29.2 Å². The van der Waals surface area contributed by atoms with Crippen molar-refractivity contribution in [2.24, 2.45) is 0 Å². The molecule has 1 aliphatic rings. The smallest absolute Gasteiger partial charge is 0.293 e. The molecule has 1 saturated heterocycles. The molecule has 0 spiro atoms. The third-order valence-electron chi connectivity index (χ3n) is 3.61. The highest BCUT2D eigenvalue weighted by atomic mass is 32.2. The predicted molar refractivity (Wildman–Crippen MR) is 101 cm³/mol. The highest BCUT2D eigenvalue weighted by Crippen LogP contribution is 2.32. The minimum absolute atomic E-state index is 0.265. The van der Waals surface area contributed by atoms with Crippen molar-refractivity contribution in [3.05, 3.63) is 39.7 Å². The SMILES string of the molecule is CN(C)c1ccc(/C=C2/SC(=O)N(CCc3nnc(N)s3)C2=O)cc1. The summed E-state index contributed by atoms with van der Waals surface area (Å²) in [7, 11) is 3.93. The van der Waals surface area contributed by atoms with Gasteiger partial charge < -0.3 is 10.6 Å². The van der Waals surface area contributed by atoms with E-state index >= 15 is 0 Å². The number of carbonyl (C=O) groups is 2. The molecule has 1 aliphatic heterocycles. The first-order valence-electron chi connectivity index (χ1n) is 7.54. The van der Waals surface area contributed by atoms with Gasteiger partial charge >= 0.3 is 0 Å². The number of hydrogen-bond acceptors (Lipinski definition) is 8. The minimum Gasteiger partial charge on any atom is -0.378 e. The Balaban J connectivity index is 1.69. The van der Waals surface area contributed by atoms with Gasteiger partial charge in [-0.25, -0.2) is 0 Å². The fraction of sp³-hybridized carbons (Fsp3) is 0.250. The Bertz CT molecular complexity index is 829. The molecule has 9 heteroatoms. The zero-order valence-electron chi connectivity index (χ0n) is 13.8. The molecule has 0 atom stereocenters. The molecular formula is C16H17N5O2S2. The Hall–Kier alpha value is -2.39. The van der Waals surface area contributed by atoms with Crippen molar-refractivity contribution in [3.63, 3.8) is 0 Å². The van der Waals surface area contributed by atoms with Crippen molar-refractivity contribution in [1.29, 1.82) is 0 Å². The molecule has 25 heavy (non-hydrogen) atoms. The van der Waals surface area contributed by atoms with Crippen LogP contribution in [-0.2, 0) is 11.2 Å². The number of anilines is 2. The predicted octanol–water partition coefficient (Wildman–Crippen LogP) is 2.47. The standard InChI is InChI=1S/C16H17N5O2S2/c1-20(2)11-5-3-10(4-6-11)9-12-14(22)21(16(23)24-12)8-7-13-18-19-15(17)25-13/h3-6,9H,7-8H2,1-2H3,(H2,17,19)/b12-9+. The molecule has 3 rings (SSSR count). The number of hydrogen-bond donors (Lipinski definition) is 1. The van der Waals surface area contributed by atoms with Gasteiger partial charge in [0.05, 0.1) is 4.91 Å². The average Bonchev–Trinajstić information content (AvgIpc) is 3.10. The van der Waals surface area contributed by atoms with Crippen LogP contribution in [0.5, 0.6) is 0 Å². The number of aromatic nitrogens is 2. The van der Waals surface area contributed by atoms with Crippen molar-refractivity contribution >= 4 is 51.1 Å². The van der Waals surface area contributed by atoms with Crippen LogP contribution in [0.25, 0.3) is 6.08 Å². The van der Waals surface area contributed by atoms with Gasteiger partial charge in [0, 0.05) is 32.7 Å². The molecule has 2 heterocycles. The van der Waals surface area contributed by atoms with Crippen molar-refractivity contribution < 1.29 is 9.59 Å². The summed E-state index contributed by atoms with van der Waals surface area (Å²) in [6.45, 7) is 0.274. The van der Waals surface area contributed by atoms with Gasteiger partial charge in [-0.3, -0.25) is 14.5 Å². The zero-order chi connectivity index (χ0) is 18.0. The molecule has 1 aromatic heterocycles. The number of rotatable bonds is 5. The molecule has 2 amide bonds. The molecule has 0 aliphatic carbocycles. The number of nitrogens with two attached hydrogens (primary N) is 1. The molecule has 2 N–H and O–H groups in total. The van der Waals surface area contributed by atoms with Crippen LogP contribution < -0.4 is 10.6 Å². The van der Waals surface area contributed by atoms with Gasteiger partial charge in [0.1, 0.15) is 5.01 Å². The Kier molecular flexibility index (Phi) is 5.05. The molecule has 0 saturated carbocycles. The first-order chi connectivity index (χ1) is 11.9. The van der Waals surface area contributed by atoms with Crippen molar-refractivity contribution in [2.75, 3.05) is 31.3 Å². The lowest BCUT2D eigenvalue weighted by atomic mass is 10.2. The number of nitrogen functional groups attached to an aromatic ring is 1. The van der Waals surface area contributed by atoms with E-state index in [1.54, 1.807) is 6.08 Å². The maximum Gasteiger partial charge on any atom is 0.293 e. The van der Waals surface area contributed by atoms with Crippen LogP contribution in [0.3, 0.4) is 0 Å². The lowest BCUT2D eigenvalue weighted by Crippen LogP contribution is -2.30. The van der Waals surface area contributed by atoms with Crippen LogP contribution in [0.2, 0.25) is 0 Å². The van der Waals surface area contributed by atoms with Gasteiger partial charge in [-0.15, -0.1) is 10.2 Å². The summed E-state index contributed by atoms with van der Waals surface area (Å²) < 4.78 is 0. The first kappa shape index (κ1) is 17.4. The minimum atomic E-state index is -0.274. The molecule has 0 unspecified atom stereocenters. The van der Waals surface area contributed by atoms with Gasteiger partial charge in [-0.1, -0.05) is 23.5 Å². The summed E-state index contributed by atoms with van der Waals surface area (Å²) in [6, 6.07) is 7.78. The van der Waals surface area contributed by atoms with Crippen LogP contribution in [0.1, 0.15) is 10.6 Å². The van der Waals surface area contributed by atoms with Crippen molar-refractivity contribution in [3.8, 4) is 0 Å². The maximum atomic E-state index is 12.5. The van der Waals surface area contributed by atoms with E-state index in [-0.39, 0.29) is 17.7 Å². The summed E-state index contributed by atoms with van der Waals surface area (Å²) >= 11 is 2.22. The van der Waals surface area contributed by atoms with Crippen LogP contribution >= 0.6 is 23.1 Å². The van der Waals surface area contributed by atoms with E-state index in [0.717, 1.165) is 23.0 Å². The topological polar surface area (TPSA) is 92.4 Å². The third-order valence-corrected chi connectivity index (χ3v) is 5.33. The third kappa shape index (κ3) is 3.99. The monoisotopic (exact) mass is 375 g/mol. The van der Waals surface area contributed by atoms with E-state index in [9.17, 15) is 9.59 Å². The van der Waals surface area contributed by atoms with Gasteiger partial charge in [-0.2, -0.15) is 0 Å². The second-order valence-electron chi connectivity index (χ2n) is 5.60. The zero-order valence-corrected chi connectivity index (χ0v) is 15.4. The van der Waals surface area contributed by atoms with E-state index in [1.807, 2.05) is 43.3 Å². The van der Waals surface area contributed by atoms with E-state index in [1.165, 1.54) is 16.2 Å². The van der Waals surface area contributed by atoms with Gasteiger partial charge in [0.2, 0.25) is 5.13 Å². The molecule has 1 fully saturated rings. The summed E-state index contributed by atoms with van der Waals surface area (Å²) in [4.78, 5) is 28.3. The van der Waals surface area contributed by atoms with E-state index in [4.69, 9.17) is 5.73 Å². The molecule has 0 radical (unpaired) electrons. The first-order valence-corrected chi connectivity index (χ1v) is 9.18. The van der Waals surface area contributed by atoms with Gasteiger partial charge in [0.15, 0.2) is 0 Å². The molecular weight excluding hydrogens is 358 g/mol. The second-order valence-corrected chi connectivity index (χ2v) is 7.69. The van der Waals surface area contributed by atoms with Gasteiger partial charge in [0.25, 0.3) is 11.1 Å². The summed E-state index contributed by atoms with van der Waals surface area (Å²) in [6.07, 6.45) is 2.20. The lowest BCUT2D eigenvalue weighted by Gasteiger charge is -2.12. The highest BCUT2D eigenvalue weighted by Gasteiger charge is 2.34. The maximum absolute atomic E-state index is 12.5. The normalized spacial score (nSPS) is 16.1. The van der Waals surface area contributed by atoms with Crippen LogP contribution in [0, 0.1) is 0 Å². The summed E-state index contributed by atoms with van der Waals surface area (Å²) in [5.74, 6) is -0.274. The van der Waals surface area contributed by atoms with Crippen molar-refractivity contribution in [2.45, 2.75) is 6.42 Å². The quantitative estimate of drug-likeness (QED) is 0.803. The number of amides is 2. The molecule has 1 aromatic carbocycles. The second kappa shape index (κ2) is 7.24.